The molecule has 8 nitrogen and oxygen atoms in total. The molecule has 0 aliphatic rings. The van der Waals surface area contributed by atoms with E-state index in [1.165, 1.54) is 6.33 Å². The third kappa shape index (κ3) is 3.42. The lowest BCUT2D eigenvalue weighted by atomic mass is 10.1. The van der Waals surface area contributed by atoms with E-state index in [-0.39, 0.29) is 5.91 Å². The van der Waals surface area contributed by atoms with E-state index in [9.17, 15) is 4.79 Å². The van der Waals surface area contributed by atoms with Gasteiger partial charge in [-0.05, 0) is 24.6 Å². The summed E-state index contributed by atoms with van der Waals surface area (Å²) < 4.78 is 4.95. The summed E-state index contributed by atoms with van der Waals surface area (Å²) in [6.45, 7) is 1.77. The van der Waals surface area contributed by atoms with Gasteiger partial charge in [-0.1, -0.05) is 17.3 Å². The van der Waals surface area contributed by atoms with Gasteiger partial charge in [0.1, 0.15) is 17.1 Å². The summed E-state index contributed by atoms with van der Waals surface area (Å²) in [6.07, 6.45) is 3.22. The number of carbonyl (C=O) groups is 1. The summed E-state index contributed by atoms with van der Waals surface area (Å²) in [5.41, 5.74) is 2.27. The minimum Gasteiger partial charge on any atom is -0.360 e. The molecule has 1 amide bonds. The van der Waals surface area contributed by atoms with Gasteiger partial charge in [0.15, 0.2) is 11.5 Å². The zero-order chi connectivity index (χ0) is 17.9. The second-order valence-electron chi connectivity index (χ2n) is 5.58. The van der Waals surface area contributed by atoms with Gasteiger partial charge in [0.25, 0.3) is 5.91 Å². The van der Waals surface area contributed by atoms with E-state index in [1.54, 1.807) is 37.0 Å². The Hall–Kier alpha value is -3.20. The van der Waals surface area contributed by atoms with Crippen LogP contribution in [0.2, 0.25) is 0 Å². The fraction of sp³-hybridized carbons (Fsp3) is 0.118. The number of hydrogen-bond acceptors (Lipinski definition) is 7. The molecule has 0 bridgehead atoms. The highest BCUT2D eigenvalue weighted by atomic mass is 32.2. The Morgan fingerprint density at radius 1 is 1.31 bits per heavy atom. The second kappa shape index (κ2) is 6.96. The number of H-pyrrole nitrogens is 1. The monoisotopic (exact) mass is 366 g/mol. The van der Waals surface area contributed by atoms with Crippen LogP contribution in [0.25, 0.3) is 11.0 Å². The van der Waals surface area contributed by atoms with Gasteiger partial charge in [-0.2, -0.15) is 5.10 Å². The standard InChI is InChI=1S/C17H14N6O2S/c1-10-5-14(23-25-10)21-16(24)12-4-2-3-11(6-12)8-26-17-13-7-20-22-15(13)18-9-19-17/h2-7,9H,8H2,1H3,(H,21,23,24)(H,18,19,20,22). The number of carbonyl (C=O) groups excluding carboxylic acids is 1. The number of aromatic amines is 1. The Bertz CT molecular complexity index is 1070. The maximum Gasteiger partial charge on any atom is 0.256 e. The minimum absolute atomic E-state index is 0.232. The van der Waals surface area contributed by atoms with Crippen LogP contribution in [0.15, 0.2) is 52.4 Å². The maximum absolute atomic E-state index is 12.4. The van der Waals surface area contributed by atoms with E-state index in [2.05, 4.69) is 30.6 Å². The van der Waals surface area contributed by atoms with E-state index < -0.39 is 0 Å². The van der Waals surface area contributed by atoms with Crippen molar-refractivity contribution >= 4 is 34.5 Å². The number of amides is 1. The number of aryl methyl sites for hydroxylation is 1. The van der Waals surface area contributed by atoms with Gasteiger partial charge in [0.05, 0.1) is 11.6 Å². The SMILES string of the molecule is Cc1cc(NC(=O)c2cccc(CSc3ncnc4[nH]ncc34)c2)no1. The average molecular weight is 366 g/mol. The molecule has 130 valence electrons. The summed E-state index contributed by atoms with van der Waals surface area (Å²) in [5.74, 6) is 1.47. The maximum atomic E-state index is 12.4. The number of fused-ring (bicyclic) bond motifs is 1. The van der Waals surface area contributed by atoms with E-state index >= 15 is 0 Å². The Balaban J connectivity index is 1.47. The Morgan fingerprint density at radius 3 is 3.08 bits per heavy atom. The first-order chi connectivity index (χ1) is 12.7. The fourth-order valence-electron chi connectivity index (χ4n) is 2.43. The Morgan fingerprint density at radius 2 is 2.23 bits per heavy atom. The van der Waals surface area contributed by atoms with Crippen LogP contribution in [0.4, 0.5) is 5.82 Å². The summed E-state index contributed by atoms with van der Waals surface area (Å²) in [5, 5.41) is 15.0. The summed E-state index contributed by atoms with van der Waals surface area (Å²) >= 11 is 1.57. The highest BCUT2D eigenvalue weighted by Crippen LogP contribution is 2.26. The van der Waals surface area contributed by atoms with Gasteiger partial charge in [-0.25, -0.2) is 9.97 Å². The van der Waals surface area contributed by atoms with E-state index in [1.807, 2.05) is 18.2 Å². The van der Waals surface area contributed by atoms with E-state index in [0.717, 1.165) is 16.0 Å². The molecule has 0 fully saturated rings. The van der Waals surface area contributed by atoms with Crippen molar-refractivity contribution < 1.29 is 9.32 Å². The molecule has 0 saturated carbocycles. The molecule has 0 atom stereocenters. The molecule has 3 heterocycles. The van der Waals surface area contributed by atoms with Crippen LogP contribution in [0.5, 0.6) is 0 Å². The zero-order valence-corrected chi connectivity index (χ0v) is 14.6. The largest absolute Gasteiger partial charge is 0.360 e. The predicted molar refractivity (Wildman–Crippen MR) is 96.9 cm³/mol. The van der Waals surface area contributed by atoms with Crippen LogP contribution in [0.3, 0.4) is 0 Å². The third-order valence-corrected chi connectivity index (χ3v) is 4.72. The average Bonchev–Trinajstić information content (AvgIpc) is 3.29. The van der Waals surface area contributed by atoms with Crippen LogP contribution in [-0.2, 0) is 5.75 Å². The lowest BCUT2D eigenvalue weighted by Gasteiger charge is -2.05. The van der Waals surface area contributed by atoms with Crippen molar-refractivity contribution in [1.82, 2.24) is 25.3 Å². The van der Waals surface area contributed by atoms with Crippen molar-refractivity contribution in [1.29, 1.82) is 0 Å². The van der Waals surface area contributed by atoms with E-state index in [4.69, 9.17) is 4.52 Å². The van der Waals surface area contributed by atoms with Crippen molar-refractivity contribution in [2.45, 2.75) is 17.7 Å². The number of benzene rings is 1. The molecule has 0 spiro atoms. The number of anilines is 1. The molecule has 0 saturated heterocycles. The van der Waals surface area contributed by atoms with Crippen LogP contribution in [0, 0.1) is 6.92 Å². The molecule has 4 rings (SSSR count). The van der Waals surface area contributed by atoms with Crippen molar-refractivity contribution in [3.8, 4) is 0 Å². The molecule has 3 aromatic heterocycles. The number of hydrogen-bond donors (Lipinski definition) is 2. The number of aromatic nitrogens is 5. The molecule has 0 unspecified atom stereocenters. The molecule has 26 heavy (non-hydrogen) atoms. The highest BCUT2D eigenvalue weighted by molar-refractivity contribution is 7.98. The molecular weight excluding hydrogens is 352 g/mol. The third-order valence-electron chi connectivity index (χ3n) is 3.65. The molecule has 4 aromatic rings. The first-order valence-electron chi connectivity index (χ1n) is 7.79. The predicted octanol–water partition coefficient (Wildman–Crippen LogP) is 3.19. The van der Waals surface area contributed by atoms with Crippen molar-refractivity contribution in [3.05, 3.63) is 59.7 Å². The number of thioether (sulfide) groups is 1. The van der Waals surface area contributed by atoms with Gasteiger partial charge in [-0.3, -0.25) is 9.89 Å². The molecular formula is C17H14N6O2S. The van der Waals surface area contributed by atoms with Crippen molar-refractivity contribution in [2.75, 3.05) is 5.32 Å². The summed E-state index contributed by atoms with van der Waals surface area (Å²) in [7, 11) is 0. The molecule has 1 aromatic carbocycles. The van der Waals surface area contributed by atoms with Gasteiger partial charge >= 0.3 is 0 Å². The summed E-state index contributed by atoms with van der Waals surface area (Å²) in [4.78, 5) is 20.8. The lowest BCUT2D eigenvalue weighted by molar-refractivity contribution is 0.102. The Kier molecular flexibility index (Phi) is 4.36. The van der Waals surface area contributed by atoms with Gasteiger partial charge in [0.2, 0.25) is 0 Å². The van der Waals surface area contributed by atoms with E-state index in [0.29, 0.717) is 28.5 Å². The van der Waals surface area contributed by atoms with Crippen LogP contribution in [0.1, 0.15) is 21.7 Å². The van der Waals surface area contributed by atoms with Gasteiger partial charge in [-0.15, -0.1) is 11.8 Å². The molecule has 0 radical (unpaired) electrons. The topological polar surface area (TPSA) is 110 Å². The smallest absolute Gasteiger partial charge is 0.256 e. The van der Waals surface area contributed by atoms with Gasteiger partial charge in [0, 0.05) is 17.4 Å². The number of nitrogens with one attached hydrogen (secondary N) is 2. The van der Waals surface area contributed by atoms with Crippen molar-refractivity contribution in [3.63, 3.8) is 0 Å². The van der Waals surface area contributed by atoms with Crippen LogP contribution >= 0.6 is 11.8 Å². The zero-order valence-electron chi connectivity index (χ0n) is 13.8. The van der Waals surface area contributed by atoms with Crippen molar-refractivity contribution in [2.24, 2.45) is 0 Å². The first-order valence-corrected chi connectivity index (χ1v) is 8.78. The molecule has 2 N–H and O–H groups in total. The normalized spacial score (nSPS) is 11.0. The quantitative estimate of drug-likeness (QED) is 0.412. The minimum atomic E-state index is -0.232. The lowest BCUT2D eigenvalue weighted by Crippen LogP contribution is -2.12. The van der Waals surface area contributed by atoms with Gasteiger partial charge < -0.3 is 9.84 Å². The molecule has 0 aliphatic heterocycles. The first kappa shape index (κ1) is 16.3. The molecule has 0 aliphatic carbocycles. The highest BCUT2D eigenvalue weighted by Gasteiger charge is 2.11. The number of rotatable bonds is 5. The molecule has 9 heteroatoms. The fourth-order valence-corrected chi connectivity index (χ4v) is 3.34. The summed E-state index contributed by atoms with van der Waals surface area (Å²) in [6, 6.07) is 9.10. The van der Waals surface area contributed by atoms with Crippen LogP contribution < -0.4 is 5.32 Å². The van der Waals surface area contributed by atoms with Crippen LogP contribution in [-0.4, -0.2) is 31.2 Å². The second-order valence-corrected chi connectivity index (χ2v) is 6.54. The Labute approximate surface area is 152 Å². The number of nitrogens with zero attached hydrogens (tertiary/aromatic N) is 4.